The van der Waals surface area contributed by atoms with E-state index in [2.05, 4.69) is 15.5 Å². The number of azo groups is 1. The summed E-state index contributed by atoms with van der Waals surface area (Å²) in [5.41, 5.74) is -0.0210. The highest BCUT2D eigenvalue weighted by molar-refractivity contribution is 6.03. The molecule has 0 amide bonds. The van der Waals surface area contributed by atoms with E-state index in [0.29, 0.717) is 23.5 Å². The van der Waals surface area contributed by atoms with E-state index in [-0.39, 0.29) is 32.2 Å². The minimum atomic E-state index is -4.24. The molecule has 0 bridgehead atoms. The monoisotopic (exact) mass is 371 g/mol. The molecule has 2 heterocycles. The lowest BCUT2D eigenvalue weighted by atomic mass is 9.56. The van der Waals surface area contributed by atoms with Crippen LogP contribution in [0.3, 0.4) is 0 Å². The fourth-order valence-electron chi connectivity index (χ4n) is 4.97. The zero-order valence-electron chi connectivity index (χ0n) is 14.7. The number of hydrogen-bond acceptors (Lipinski definition) is 4. The van der Waals surface area contributed by atoms with E-state index >= 15 is 0 Å². The molecule has 4 aliphatic rings. The Labute approximate surface area is 148 Å². The highest BCUT2D eigenvalue weighted by Crippen LogP contribution is 2.58. The predicted molar refractivity (Wildman–Crippen MR) is 85.7 cm³/mol. The van der Waals surface area contributed by atoms with Crippen molar-refractivity contribution in [1.82, 2.24) is 5.32 Å². The molecule has 1 atom stereocenters. The van der Waals surface area contributed by atoms with Gasteiger partial charge < -0.3 is 5.32 Å². The van der Waals surface area contributed by atoms with Crippen LogP contribution >= 0.6 is 0 Å². The first-order chi connectivity index (χ1) is 12.1. The number of carbonyl (C=O) groups is 1. The molecular formula is C18H21F4N3O. The largest absolute Gasteiger partial charge is 0.391 e. The number of nitrogens with zero attached hydrogens (tertiary/aromatic N) is 2. The highest BCUT2D eigenvalue weighted by atomic mass is 19.4. The number of hydrogen-bond donors (Lipinski definition) is 1. The fourth-order valence-corrected chi connectivity index (χ4v) is 4.97. The number of carbonyl (C=O) groups excluding carboxylic acids is 1. The number of Topliss-reactive ketones (excluding diaryl/α,β-unsaturated/α-hetero) is 1. The van der Waals surface area contributed by atoms with E-state index in [0.717, 1.165) is 5.57 Å². The smallest absolute Gasteiger partial charge is 0.342 e. The molecule has 1 saturated carbocycles. The summed E-state index contributed by atoms with van der Waals surface area (Å²) in [6, 6.07) is 0. The summed E-state index contributed by atoms with van der Waals surface area (Å²) in [6.07, 6.45) is -5.34. The van der Waals surface area contributed by atoms with E-state index in [1.165, 1.54) is 0 Å². The summed E-state index contributed by atoms with van der Waals surface area (Å²) >= 11 is 0. The number of allylic oxidation sites excluding steroid dienone is 2. The highest BCUT2D eigenvalue weighted by Gasteiger charge is 2.57. The Morgan fingerprint density at radius 2 is 1.85 bits per heavy atom. The second kappa shape index (κ2) is 5.39. The number of alkyl halides is 4. The maximum absolute atomic E-state index is 14.8. The van der Waals surface area contributed by atoms with Crippen molar-refractivity contribution in [2.45, 2.75) is 58.3 Å². The van der Waals surface area contributed by atoms with Crippen LogP contribution in [0.5, 0.6) is 0 Å². The van der Waals surface area contributed by atoms with Gasteiger partial charge in [-0.05, 0) is 32.1 Å². The molecule has 0 unspecified atom stereocenters. The molecule has 0 aromatic rings. The number of nitrogens with one attached hydrogen (secondary N) is 1. The number of dihydropyridines is 1. The third kappa shape index (κ3) is 2.36. The van der Waals surface area contributed by atoms with Gasteiger partial charge in [0.15, 0.2) is 17.8 Å². The van der Waals surface area contributed by atoms with Crippen molar-refractivity contribution >= 4 is 5.78 Å². The van der Waals surface area contributed by atoms with Crippen LogP contribution in [0.15, 0.2) is 32.9 Å². The Morgan fingerprint density at radius 1 is 1.19 bits per heavy atom. The van der Waals surface area contributed by atoms with Crippen LogP contribution in [0.1, 0.15) is 46.0 Å². The molecule has 26 heavy (non-hydrogen) atoms. The van der Waals surface area contributed by atoms with Gasteiger partial charge in [-0.1, -0.05) is 13.8 Å². The third-order valence-electron chi connectivity index (χ3n) is 6.41. The van der Waals surface area contributed by atoms with Gasteiger partial charge in [-0.3, -0.25) is 4.79 Å². The van der Waals surface area contributed by atoms with Crippen LogP contribution in [0.25, 0.3) is 0 Å². The zero-order chi connectivity index (χ0) is 18.9. The summed E-state index contributed by atoms with van der Waals surface area (Å²) in [6.45, 7) is 3.63. The summed E-state index contributed by atoms with van der Waals surface area (Å²) in [4.78, 5) is 12.9. The second-order valence-corrected chi connectivity index (χ2v) is 8.50. The van der Waals surface area contributed by atoms with Crippen LogP contribution in [-0.2, 0) is 4.79 Å². The van der Waals surface area contributed by atoms with E-state index in [1.54, 1.807) is 13.8 Å². The van der Waals surface area contributed by atoms with Crippen molar-refractivity contribution in [3.63, 3.8) is 0 Å². The zero-order valence-corrected chi connectivity index (χ0v) is 14.7. The quantitative estimate of drug-likeness (QED) is 0.633. The molecule has 0 radical (unpaired) electrons. The number of ketones is 1. The SMILES string of the molecule is CC1(C)CC2=C(C(=O)[C@H]1F)C1(CCC(C(F)(F)F)CC1)C1=C(N=NC1)N2. The van der Waals surface area contributed by atoms with Gasteiger partial charge in [-0.2, -0.15) is 18.3 Å². The summed E-state index contributed by atoms with van der Waals surface area (Å²) in [7, 11) is 0. The molecule has 0 aromatic heterocycles. The average Bonchev–Trinajstić information content (AvgIpc) is 3.01. The molecule has 8 heteroatoms. The lowest BCUT2D eigenvalue weighted by Gasteiger charge is -2.49. The molecular weight excluding hydrogens is 350 g/mol. The lowest BCUT2D eigenvalue weighted by Crippen LogP contribution is -2.50. The number of halogens is 4. The molecule has 142 valence electrons. The minimum absolute atomic E-state index is 0.0648. The fraction of sp³-hybridized carbons (Fsp3) is 0.722. The van der Waals surface area contributed by atoms with Gasteiger partial charge in [0, 0.05) is 27.7 Å². The van der Waals surface area contributed by atoms with Crippen molar-refractivity contribution < 1.29 is 22.4 Å². The molecule has 2 aliphatic heterocycles. The van der Waals surface area contributed by atoms with Gasteiger partial charge in [0.05, 0.1) is 12.5 Å². The molecule has 1 fully saturated rings. The van der Waals surface area contributed by atoms with E-state index < -0.39 is 34.9 Å². The third-order valence-corrected chi connectivity index (χ3v) is 6.41. The van der Waals surface area contributed by atoms with E-state index in [4.69, 9.17) is 0 Å². The van der Waals surface area contributed by atoms with Gasteiger partial charge in [-0.15, -0.1) is 5.11 Å². The second-order valence-electron chi connectivity index (χ2n) is 8.50. The average molecular weight is 371 g/mol. The molecule has 4 nitrogen and oxygen atoms in total. The summed E-state index contributed by atoms with van der Waals surface area (Å²) < 4.78 is 54.2. The molecule has 2 aliphatic carbocycles. The summed E-state index contributed by atoms with van der Waals surface area (Å²) in [5.74, 6) is -1.43. The lowest BCUT2D eigenvalue weighted by molar-refractivity contribution is -0.185. The maximum Gasteiger partial charge on any atom is 0.391 e. The van der Waals surface area contributed by atoms with Crippen molar-refractivity contribution in [1.29, 1.82) is 0 Å². The Balaban J connectivity index is 1.77. The van der Waals surface area contributed by atoms with Crippen LogP contribution in [0.4, 0.5) is 17.6 Å². The van der Waals surface area contributed by atoms with Gasteiger partial charge in [0.2, 0.25) is 0 Å². The van der Waals surface area contributed by atoms with Crippen LogP contribution in [0, 0.1) is 16.7 Å². The van der Waals surface area contributed by atoms with Crippen molar-refractivity contribution in [2.24, 2.45) is 27.0 Å². The van der Waals surface area contributed by atoms with Crippen molar-refractivity contribution in [2.75, 3.05) is 6.54 Å². The van der Waals surface area contributed by atoms with Gasteiger partial charge in [0.1, 0.15) is 0 Å². The first-order valence-corrected chi connectivity index (χ1v) is 8.93. The Morgan fingerprint density at radius 3 is 2.46 bits per heavy atom. The Bertz CT molecular complexity index is 755. The number of fused-ring (bicyclic) bond motifs is 2. The Kier molecular flexibility index (Phi) is 3.66. The van der Waals surface area contributed by atoms with E-state index in [9.17, 15) is 22.4 Å². The molecule has 4 rings (SSSR count). The van der Waals surface area contributed by atoms with Gasteiger partial charge in [-0.25, -0.2) is 4.39 Å². The van der Waals surface area contributed by atoms with Crippen molar-refractivity contribution in [3.05, 3.63) is 22.7 Å². The van der Waals surface area contributed by atoms with E-state index in [1.807, 2.05) is 0 Å². The van der Waals surface area contributed by atoms with Crippen LogP contribution in [-0.4, -0.2) is 24.7 Å². The standard InChI is InChI=1S/C18H21F4N3O/c1-16(2)7-11-12(13(26)14(16)19)17(10-8-23-25-15(10)24-11)5-3-9(4-6-17)18(20,21)22/h9,14,24H,3-8H2,1-2H3/t9?,14-,17?/m1/s1. The summed E-state index contributed by atoms with van der Waals surface area (Å²) in [5, 5.41) is 11.2. The molecule has 1 spiro atoms. The molecule has 0 aromatic carbocycles. The normalized spacial score (nSPS) is 36.3. The van der Waals surface area contributed by atoms with Crippen LogP contribution < -0.4 is 5.32 Å². The minimum Gasteiger partial charge on any atom is -0.342 e. The topological polar surface area (TPSA) is 53.8 Å². The number of rotatable bonds is 0. The predicted octanol–water partition coefficient (Wildman–Crippen LogP) is 4.60. The first kappa shape index (κ1) is 17.7. The Hall–Kier alpha value is -1.73. The molecule has 1 N–H and O–H groups in total. The van der Waals surface area contributed by atoms with Gasteiger partial charge in [0.25, 0.3) is 0 Å². The maximum atomic E-state index is 14.8. The van der Waals surface area contributed by atoms with Crippen LogP contribution in [0.2, 0.25) is 0 Å². The first-order valence-electron chi connectivity index (χ1n) is 8.93. The van der Waals surface area contributed by atoms with Gasteiger partial charge >= 0.3 is 6.18 Å². The van der Waals surface area contributed by atoms with Crippen molar-refractivity contribution in [3.8, 4) is 0 Å². The molecule has 0 saturated heterocycles.